The lowest BCUT2D eigenvalue weighted by atomic mass is 10.1. The molecule has 0 heterocycles. The van der Waals surface area contributed by atoms with E-state index >= 15 is 0 Å². The molecule has 0 aromatic heterocycles. The van der Waals surface area contributed by atoms with Crippen molar-refractivity contribution in [1.82, 2.24) is 0 Å². The molecule has 0 aliphatic heterocycles. The Morgan fingerprint density at radius 1 is 1.29 bits per heavy atom. The first-order chi connectivity index (χ1) is 11.1. The molecule has 0 aliphatic rings. The van der Waals surface area contributed by atoms with Crippen LogP contribution in [0.15, 0.2) is 36.4 Å². The first kappa shape index (κ1) is 19.7. The van der Waals surface area contributed by atoms with Crippen molar-refractivity contribution in [3.8, 4) is 5.75 Å². The molecular weight excluding hydrogens is 332 g/mol. The molecule has 8 heteroatoms. The van der Waals surface area contributed by atoms with Gasteiger partial charge in [0.05, 0.1) is 5.56 Å². The molecule has 2 unspecified atom stereocenters. The van der Waals surface area contributed by atoms with Crippen LogP contribution in [-0.4, -0.2) is 24.2 Å². The Morgan fingerprint density at radius 3 is 2.42 bits per heavy atom. The number of halogens is 4. The minimum absolute atomic E-state index is 0.0203. The summed E-state index contributed by atoms with van der Waals surface area (Å²) in [5, 5.41) is 0. The lowest BCUT2D eigenvalue weighted by molar-refractivity contribution is -0.156. The Balaban J connectivity index is 2.82. The van der Waals surface area contributed by atoms with Crippen LogP contribution in [0.25, 0.3) is 0 Å². The summed E-state index contributed by atoms with van der Waals surface area (Å²) in [4.78, 5) is 23.1. The third kappa shape index (κ3) is 5.36. The lowest BCUT2D eigenvalue weighted by Crippen LogP contribution is -2.36. The van der Waals surface area contributed by atoms with E-state index in [0.717, 1.165) is 18.2 Å². The number of rotatable bonds is 6. The summed E-state index contributed by atoms with van der Waals surface area (Å²) in [6.45, 7) is 6.15. The van der Waals surface area contributed by atoms with Crippen LogP contribution >= 0.6 is 0 Å². The second-order valence-corrected chi connectivity index (χ2v) is 4.98. The molecule has 0 bridgehead atoms. The minimum atomic E-state index is -4.62. The molecule has 4 nitrogen and oxygen atoms in total. The molecule has 0 aliphatic carbocycles. The summed E-state index contributed by atoms with van der Waals surface area (Å²) in [5.41, 5.74) is -1.02. The topological polar surface area (TPSA) is 52.6 Å². The smallest absolute Gasteiger partial charge is 0.416 e. The van der Waals surface area contributed by atoms with Gasteiger partial charge in [-0.25, -0.2) is 14.0 Å². The molecule has 1 rings (SSSR count). The molecule has 1 aromatic carbocycles. The molecule has 0 fully saturated rings. The number of alkyl halides is 4. The highest BCUT2D eigenvalue weighted by Crippen LogP contribution is 2.31. The summed E-state index contributed by atoms with van der Waals surface area (Å²) >= 11 is 0. The molecule has 132 valence electrons. The first-order valence-electron chi connectivity index (χ1n) is 6.95. The highest BCUT2D eigenvalue weighted by Gasteiger charge is 2.33. The highest BCUT2D eigenvalue weighted by molar-refractivity contribution is 5.87. The molecule has 0 amide bonds. The summed E-state index contributed by atoms with van der Waals surface area (Å²) < 4.78 is 61.2. The summed E-state index contributed by atoms with van der Waals surface area (Å²) in [6, 6.07) is 3.47. The molecule has 0 spiro atoms. The van der Waals surface area contributed by atoms with Gasteiger partial charge in [-0.3, -0.25) is 0 Å². The van der Waals surface area contributed by atoms with Gasteiger partial charge in [0.15, 0.2) is 0 Å². The molecule has 1 aromatic rings. The summed E-state index contributed by atoms with van der Waals surface area (Å²) in [7, 11) is 0. The van der Waals surface area contributed by atoms with Crippen molar-refractivity contribution in [3.05, 3.63) is 42.0 Å². The van der Waals surface area contributed by atoms with Gasteiger partial charge < -0.3 is 9.47 Å². The zero-order valence-corrected chi connectivity index (χ0v) is 13.0. The van der Waals surface area contributed by atoms with E-state index in [1.54, 1.807) is 0 Å². The lowest BCUT2D eigenvalue weighted by Gasteiger charge is -2.19. The van der Waals surface area contributed by atoms with Crippen LogP contribution in [0.3, 0.4) is 0 Å². The highest BCUT2D eigenvalue weighted by atomic mass is 19.4. The molecule has 24 heavy (non-hydrogen) atoms. The van der Waals surface area contributed by atoms with E-state index in [4.69, 9.17) is 4.74 Å². The third-order valence-corrected chi connectivity index (χ3v) is 2.94. The van der Waals surface area contributed by atoms with Gasteiger partial charge in [0.2, 0.25) is 6.17 Å². The number of carbonyl (C=O) groups excluding carboxylic acids is 2. The molecule has 0 N–H and O–H groups in total. The Hall–Kier alpha value is -2.38. The van der Waals surface area contributed by atoms with Gasteiger partial charge in [-0.2, -0.15) is 13.2 Å². The number of benzene rings is 1. The fourth-order valence-corrected chi connectivity index (χ4v) is 1.65. The predicted octanol–water partition coefficient (Wildman–Crippen LogP) is 3.85. The van der Waals surface area contributed by atoms with Crippen LogP contribution in [0.1, 0.15) is 25.8 Å². The van der Waals surface area contributed by atoms with Crippen LogP contribution in [-0.2, 0) is 20.5 Å². The number of esters is 2. The van der Waals surface area contributed by atoms with Crippen LogP contribution in [0.2, 0.25) is 0 Å². The van der Waals surface area contributed by atoms with E-state index in [2.05, 4.69) is 11.3 Å². The van der Waals surface area contributed by atoms with Gasteiger partial charge >= 0.3 is 18.1 Å². The quantitative estimate of drug-likeness (QED) is 0.339. The second-order valence-electron chi connectivity index (χ2n) is 4.98. The minimum Gasteiger partial charge on any atom is -0.455 e. The van der Waals surface area contributed by atoms with Crippen molar-refractivity contribution in [2.75, 3.05) is 0 Å². The van der Waals surface area contributed by atoms with E-state index in [0.29, 0.717) is 6.07 Å². The van der Waals surface area contributed by atoms with Crippen LogP contribution in [0.4, 0.5) is 17.6 Å². The summed E-state index contributed by atoms with van der Waals surface area (Å²) in [5.74, 6) is -2.79. The van der Waals surface area contributed by atoms with E-state index in [9.17, 15) is 27.2 Å². The van der Waals surface area contributed by atoms with Gasteiger partial charge in [-0.05, 0) is 31.5 Å². The van der Waals surface area contributed by atoms with Crippen molar-refractivity contribution >= 4 is 11.9 Å². The Morgan fingerprint density at radius 2 is 1.92 bits per heavy atom. The van der Waals surface area contributed by atoms with Gasteiger partial charge in [-0.15, -0.1) is 0 Å². The van der Waals surface area contributed by atoms with Crippen LogP contribution < -0.4 is 4.74 Å². The standard InChI is InChI=1S/C16H16F4O4/c1-4-12(24-14(21)9(2)3)13(17)15(22)23-11-7-5-6-10(8-11)16(18,19)20/h5-8,12-13H,2,4H2,1,3H3. The van der Waals surface area contributed by atoms with E-state index in [1.165, 1.54) is 13.8 Å². The van der Waals surface area contributed by atoms with E-state index in [-0.39, 0.29) is 12.0 Å². The normalized spacial score (nSPS) is 13.8. The van der Waals surface area contributed by atoms with Gasteiger partial charge in [-0.1, -0.05) is 19.6 Å². The molecule has 2 atom stereocenters. The van der Waals surface area contributed by atoms with Gasteiger partial charge in [0.1, 0.15) is 11.9 Å². The van der Waals surface area contributed by atoms with Gasteiger partial charge in [0.25, 0.3) is 0 Å². The Bertz CT molecular complexity index is 625. The van der Waals surface area contributed by atoms with Crippen LogP contribution in [0, 0.1) is 0 Å². The van der Waals surface area contributed by atoms with E-state index < -0.39 is 41.7 Å². The monoisotopic (exact) mass is 348 g/mol. The zero-order valence-electron chi connectivity index (χ0n) is 13.0. The largest absolute Gasteiger partial charge is 0.455 e. The predicted molar refractivity (Wildman–Crippen MR) is 77.0 cm³/mol. The third-order valence-electron chi connectivity index (χ3n) is 2.94. The average molecular weight is 348 g/mol. The zero-order chi connectivity index (χ0) is 18.5. The number of carbonyl (C=O) groups is 2. The number of hydrogen-bond acceptors (Lipinski definition) is 4. The number of ether oxygens (including phenoxy) is 2. The van der Waals surface area contributed by atoms with Crippen molar-refractivity contribution in [2.24, 2.45) is 0 Å². The average Bonchev–Trinajstić information content (AvgIpc) is 2.50. The van der Waals surface area contributed by atoms with Crippen molar-refractivity contribution in [2.45, 2.75) is 38.7 Å². The molecule has 0 saturated heterocycles. The Labute approximate surface area is 136 Å². The van der Waals surface area contributed by atoms with Crippen molar-refractivity contribution < 1.29 is 36.6 Å². The SMILES string of the molecule is C=C(C)C(=O)OC(CC)C(F)C(=O)Oc1cccc(C(F)(F)F)c1. The van der Waals surface area contributed by atoms with Crippen LogP contribution in [0.5, 0.6) is 5.75 Å². The fraction of sp³-hybridized carbons (Fsp3) is 0.375. The maximum atomic E-state index is 14.1. The fourth-order valence-electron chi connectivity index (χ4n) is 1.65. The van der Waals surface area contributed by atoms with Crippen molar-refractivity contribution in [3.63, 3.8) is 0 Å². The van der Waals surface area contributed by atoms with E-state index in [1.807, 2.05) is 0 Å². The molecule has 0 radical (unpaired) electrons. The molecule has 0 saturated carbocycles. The van der Waals surface area contributed by atoms with Crippen molar-refractivity contribution in [1.29, 1.82) is 0 Å². The number of hydrogen-bond donors (Lipinski definition) is 0. The Kier molecular flexibility index (Phi) is 6.51. The van der Waals surface area contributed by atoms with Gasteiger partial charge in [0, 0.05) is 5.57 Å². The maximum absolute atomic E-state index is 14.1. The second kappa shape index (κ2) is 7.94. The molecular formula is C16H16F4O4. The maximum Gasteiger partial charge on any atom is 0.416 e. The first-order valence-corrected chi connectivity index (χ1v) is 6.95. The summed E-state index contributed by atoms with van der Waals surface area (Å²) in [6.07, 6.45) is -8.42.